The third-order valence-corrected chi connectivity index (χ3v) is 7.70. The largest absolute Gasteiger partial charge is 0.497 e. The molecular weight excluding hydrogens is 545 g/mol. The van der Waals surface area contributed by atoms with Gasteiger partial charge in [0.15, 0.2) is 0 Å². The third kappa shape index (κ3) is 7.45. The first-order valence-electron chi connectivity index (χ1n) is 13.0. The summed E-state index contributed by atoms with van der Waals surface area (Å²) in [5.41, 5.74) is 0.791. The van der Waals surface area contributed by atoms with Gasteiger partial charge in [-0.05, 0) is 85.7 Å². The highest BCUT2D eigenvalue weighted by Gasteiger charge is 2.33. The Kier molecular flexibility index (Phi) is 9.56. The Morgan fingerprint density at radius 3 is 2.75 bits per heavy atom. The molecule has 1 saturated heterocycles. The maximum atomic E-state index is 13.1. The van der Waals surface area contributed by atoms with E-state index in [4.69, 9.17) is 16.3 Å². The zero-order valence-corrected chi connectivity index (χ0v) is 22.7. The number of methoxy groups -OCH3 is 1. The number of aliphatic hydroxyl groups excluding tert-OH is 1. The molecule has 212 valence electrons. The molecule has 0 amide bonds. The molecule has 1 fully saturated rings. The molecule has 0 radical (unpaired) electrons. The van der Waals surface area contributed by atoms with Crippen LogP contribution in [0.25, 0.3) is 10.9 Å². The summed E-state index contributed by atoms with van der Waals surface area (Å²) in [5, 5.41) is 21.0. The molecule has 10 heteroatoms. The Morgan fingerprint density at radius 1 is 1.23 bits per heavy atom. The molecule has 0 bridgehead atoms. The Balaban J connectivity index is 1.39. The molecule has 6 nitrogen and oxygen atoms in total. The predicted octanol–water partition coefficient (Wildman–Crippen LogP) is 6.19. The van der Waals surface area contributed by atoms with Crippen LogP contribution in [0.1, 0.15) is 48.5 Å². The van der Waals surface area contributed by atoms with Crippen molar-refractivity contribution in [2.75, 3.05) is 26.7 Å². The van der Waals surface area contributed by atoms with E-state index in [1.807, 2.05) is 23.1 Å². The number of benzene rings is 2. The number of nitrogens with zero attached hydrogens (tertiary/aromatic N) is 2. The molecule has 1 aliphatic heterocycles. The smallest absolute Gasteiger partial charge is 0.417 e. The number of aliphatic carboxylic acids is 1. The van der Waals surface area contributed by atoms with Crippen LogP contribution in [0.3, 0.4) is 0 Å². The van der Waals surface area contributed by atoms with Crippen LogP contribution >= 0.6 is 11.6 Å². The molecular formula is C30H30ClF3N2O4. The lowest BCUT2D eigenvalue weighted by molar-refractivity contribution is -0.139. The van der Waals surface area contributed by atoms with Gasteiger partial charge in [-0.2, -0.15) is 13.2 Å². The zero-order chi connectivity index (χ0) is 28.9. The lowest BCUT2D eigenvalue weighted by Crippen LogP contribution is -2.41. The van der Waals surface area contributed by atoms with Crippen molar-refractivity contribution in [1.29, 1.82) is 0 Å². The second-order valence-corrected chi connectivity index (χ2v) is 10.4. The van der Waals surface area contributed by atoms with E-state index < -0.39 is 23.8 Å². The van der Waals surface area contributed by atoms with Gasteiger partial charge in [-0.15, -0.1) is 0 Å². The third-order valence-electron chi connectivity index (χ3n) is 7.37. The molecule has 2 aromatic carbocycles. The standard InChI is InChI=1S/C30H30ClF3N2O4/c1-40-22-6-8-27-24(17-22)23(10-12-35-27)28(37)9-5-20-11-14-36(18-21(20)16-29(38)39)13-2-3-19-4-7-26(31)25(15-19)30(32,33)34/h4,6-8,10,12,15,17,20-21,28,37H,5,9,11,13-14,16,18H2,1H3,(H,38,39)/t20-,21+,28-/m1/s1. The van der Waals surface area contributed by atoms with E-state index in [-0.39, 0.29) is 28.8 Å². The number of ether oxygens (including phenoxy) is 1. The summed E-state index contributed by atoms with van der Waals surface area (Å²) in [6.07, 6.45) is -1.80. The van der Waals surface area contributed by atoms with Crippen molar-refractivity contribution in [3.63, 3.8) is 0 Å². The van der Waals surface area contributed by atoms with Crippen LogP contribution in [-0.2, 0) is 11.0 Å². The average Bonchev–Trinajstić information content (AvgIpc) is 2.91. The molecule has 3 aromatic rings. The van der Waals surface area contributed by atoms with Gasteiger partial charge in [-0.3, -0.25) is 14.7 Å². The summed E-state index contributed by atoms with van der Waals surface area (Å²) in [6, 6.07) is 10.9. The lowest BCUT2D eigenvalue weighted by atomic mass is 9.79. The van der Waals surface area contributed by atoms with Crippen LogP contribution in [0.2, 0.25) is 5.02 Å². The van der Waals surface area contributed by atoms with Crippen molar-refractivity contribution in [2.45, 2.75) is 38.0 Å². The summed E-state index contributed by atoms with van der Waals surface area (Å²) >= 11 is 5.68. The topological polar surface area (TPSA) is 82.9 Å². The number of aromatic nitrogens is 1. The number of hydrogen-bond donors (Lipinski definition) is 2. The van der Waals surface area contributed by atoms with Crippen LogP contribution in [0.15, 0.2) is 48.7 Å². The minimum Gasteiger partial charge on any atom is -0.497 e. The van der Waals surface area contributed by atoms with E-state index in [9.17, 15) is 28.2 Å². The number of fused-ring (bicyclic) bond motifs is 1. The highest BCUT2D eigenvalue weighted by molar-refractivity contribution is 6.31. The first kappa shape index (κ1) is 29.7. The van der Waals surface area contributed by atoms with Gasteiger partial charge in [0.25, 0.3) is 0 Å². The Morgan fingerprint density at radius 2 is 2.02 bits per heavy atom. The SMILES string of the molecule is COc1ccc2nccc([C@H](O)CC[C@@H]3CCN(CC#Cc4ccc(Cl)c(C(F)(F)F)c4)C[C@@H]3CC(=O)O)c2c1. The van der Waals surface area contributed by atoms with Gasteiger partial charge in [0, 0.05) is 30.1 Å². The van der Waals surface area contributed by atoms with E-state index in [1.54, 1.807) is 19.4 Å². The number of pyridine rings is 1. The van der Waals surface area contributed by atoms with Crippen molar-refractivity contribution in [3.8, 4) is 17.6 Å². The fraction of sp³-hybridized carbons (Fsp3) is 0.400. The second kappa shape index (κ2) is 12.9. The molecule has 0 saturated carbocycles. The highest BCUT2D eigenvalue weighted by atomic mass is 35.5. The minimum absolute atomic E-state index is 0.00773. The maximum absolute atomic E-state index is 13.1. The summed E-state index contributed by atoms with van der Waals surface area (Å²) in [5.74, 6) is 5.42. The number of alkyl halides is 3. The average molecular weight is 575 g/mol. The second-order valence-electron chi connectivity index (χ2n) is 10.0. The number of aliphatic hydroxyl groups is 1. The van der Waals surface area contributed by atoms with Crippen molar-refractivity contribution in [2.24, 2.45) is 11.8 Å². The summed E-state index contributed by atoms with van der Waals surface area (Å²) < 4.78 is 44.7. The molecule has 4 rings (SSSR count). The van der Waals surface area contributed by atoms with Crippen LogP contribution in [0.4, 0.5) is 13.2 Å². The van der Waals surface area contributed by atoms with E-state index in [0.717, 1.165) is 29.0 Å². The number of likely N-dealkylation sites (tertiary alicyclic amines) is 1. The number of piperidine rings is 1. The number of rotatable bonds is 8. The molecule has 0 aliphatic carbocycles. The van der Waals surface area contributed by atoms with Gasteiger partial charge >= 0.3 is 12.1 Å². The van der Waals surface area contributed by atoms with Gasteiger partial charge in [0.1, 0.15) is 5.75 Å². The highest BCUT2D eigenvalue weighted by Crippen LogP contribution is 2.36. The monoisotopic (exact) mass is 574 g/mol. The van der Waals surface area contributed by atoms with E-state index in [1.165, 1.54) is 12.1 Å². The number of hydrogen-bond acceptors (Lipinski definition) is 5. The summed E-state index contributed by atoms with van der Waals surface area (Å²) in [4.78, 5) is 18.0. The Bertz CT molecular complexity index is 1420. The van der Waals surface area contributed by atoms with Crippen molar-refractivity contribution in [1.82, 2.24) is 9.88 Å². The molecule has 2 N–H and O–H groups in total. The predicted molar refractivity (Wildman–Crippen MR) is 146 cm³/mol. The van der Waals surface area contributed by atoms with Crippen molar-refractivity contribution >= 4 is 28.5 Å². The fourth-order valence-electron chi connectivity index (χ4n) is 5.30. The number of carboxylic acid groups (broad SMARTS) is 1. The molecule has 0 unspecified atom stereocenters. The van der Waals surface area contributed by atoms with Gasteiger partial charge in [0.05, 0.1) is 35.9 Å². The van der Waals surface area contributed by atoms with E-state index in [2.05, 4.69) is 16.8 Å². The lowest BCUT2D eigenvalue weighted by Gasteiger charge is -2.37. The normalized spacial score (nSPS) is 18.6. The maximum Gasteiger partial charge on any atom is 0.417 e. The van der Waals surface area contributed by atoms with Crippen molar-refractivity contribution < 1.29 is 32.9 Å². The molecule has 1 aliphatic rings. The first-order chi connectivity index (χ1) is 19.0. The summed E-state index contributed by atoms with van der Waals surface area (Å²) in [7, 11) is 1.58. The van der Waals surface area contributed by atoms with Crippen LogP contribution < -0.4 is 4.74 Å². The van der Waals surface area contributed by atoms with Crippen LogP contribution in [-0.4, -0.2) is 52.8 Å². The van der Waals surface area contributed by atoms with Crippen LogP contribution in [0, 0.1) is 23.7 Å². The molecule has 1 aromatic heterocycles. The molecule has 0 spiro atoms. The quantitative estimate of drug-likeness (QED) is 0.312. The number of halogens is 4. The number of carboxylic acids is 1. The van der Waals surface area contributed by atoms with Gasteiger partial charge < -0.3 is 14.9 Å². The van der Waals surface area contributed by atoms with E-state index >= 15 is 0 Å². The first-order valence-corrected chi connectivity index (χ1v) is 13.3. The van der Waals surface area contributed by atoms with Crippen molar-refractivity contribution in [3.05, 3.63) is 70.4 Å². The minimum atomic E-state index is -4.56. The van der Waals surface area contributed by atoms with Gasteiger partial charge in [-0.25, -0.2) is 0 Å². The Hall–Kier alpha value is -3.32. The fourth-order valence-corrected chi connectivity index (χ4v) is 5.53. The molecule has 3 atom stereocenters. The Labute approximate surface area is 235 Å². The van der Waals surface area contributed by atoms with Gasteiger partial charge in [0.2, 0.25) is 0 Å². The molecule has 40 heavy (non-hydrogen) atoms. The van der Waals surface area contributed by atoms with E-state index in [0.29, 0.717) is 38.2 Å². The van der Waals surface area contributed by atoms with Gasteiger partial charge in [-0.1, -0.05) is 23.4 Å². The number of carbonyl (C=O) groups is 1. The summed E-state index contributed by atoms with van der Waals surface area (Å²) in [6.45, 7) is 1.49. The van der Waals surface area contributed by atoms with Crippen LogP contribution in [0.5, 0.6) is 5.75 Å². The molecule has 2 heterocycles. The zero-order valence-electron chi connectivity index (χ0n) is 21.9.